The molecule has 2 rings (SSSR count). The lowest BCUT2D eigenvalue weighted by atomic mass is 10.3. The highest BCUT2D eigenvalue weighted by molar-refractivity contribution is 7.48. The van der Waals surface area contributed by atoms with Crippen molar-refractivity contribution in [2.75, 3.05) is 5.73 Å². The quantitative estimate of drug-likeness (QED) is 0.656. The van der Waals surface area contributed by atoms with Crippen molar-refractivity contribution in [2.24, 2.45) is 0 Å². The molecule has 0 heterocycles. The molecule has 0 spiro atoms. The van der Waals surface area contributed by atoms with E-state index < -0.39 is 7.82 Å². The van der Waals surface area contributed by atoms with Crippen molar-refractivity contribution in [3.63, 3.8) is 0 Å². The molecule has 5 nitrogen and oxygen atoms in total. The van der Waals surface area contributed by atoms with Crippen molar-refractivity contribution >= 4 is 13.5 Å². The molecule has 0 aliphatic carbocycles. The molecule has 2 aromatic rings. The van der Waals surface area contributed by atoms with Gasteiger partial charge < -0.3 is 14.8 Å². The zero-order valence-electron chi connectivity index (χ0n) is 9.39. The standard InChI is InChI=1S/C12H12NO4P/c13-10-5-4-8-12(9-10)17-18(14,15)16-11-6-2-1-3-7-11/h1-9H,13H2,(H,14,15). The fourth-order valence-electron chi connectivity index (χ4n) is 1.34. The minimum absolute atomic E-state index is 0.178. The van der Waals surface area contributed by atoms with Crippen LogP contribution in [0.4, 0.5) is 5.69 Å². The van der Waals surface area contributed by atoms with Crippen LogP contribution in [0.25, 0.3) is 0 Å². The van der Waals surface area contributed by atoms with E-state index >= 15 is 0 Å². The molecule has 94 valence electrons. The van der Waals surface area contributed by atoms with Crippen LogP contribution in [0.5, 0.6) is 11.5 Å². The van der Waals surface area contributed by atoms with Crippen molar-refractivity contribution in [2.45, 2.75) is 0 Å². The predicted molar refractivity (Wildman–Crippen MR) is 68.4 cm³/mol. The Balaban J connectivity index is 2.10. The summed E-state index contributed by atoms with van der Waals surface area (Å²) in [6, 6.07) is 14.5. The van der Waals surface area contributed by atoms with Gasteiger partial charge in [-0.3, -0.25) is 4.89 Å². The minimum Gasteiger partial charge on any atom is -0.399 e. The molecule has 0 bridgehead atoms. The van der Waals surface area contributed by atoms with Gasteiger partial charge in [0.15, 0.2) is 0 Å². The fourth-order valence-corrected chi connectivity index (χ4v) is 2.14. The lowest BCUT2D eigenvalue weighted by Crippen LogP contribution is -2.00. The Labute approximate surface area is 104 Å². The zero-order valence-corrected chi connectivity index (χ0v) is 10.3. The summed E-state index contributed by atoms with van der Waals surface area (Å²) in [6.07, 6.45) is 0. The number of anilines is 1. The lowest BCUT2D eigenvalue weighted by molar-refractivity contribution is 0.291. The summed E-state index contributed by atoms with van der Waals surface area (Å²) in [5.74, 6) is 0.434. The molecule has 0 aliphatic rings. The third kappa shape index (κ3) is 3.52. The maximum absolute atomic E-state index is 11.7. The molecule has 0 aromatic heterocycles. The van der Waals surface area contributed by atoms with Gasteiger partial charge in [-0.25, -0.2) is 4.57 Å². The van der Waals surface area contributed by atoms with Gasteiger partial charge in [-0.05, 0) is 24.3 Å². The molecular weight excluding hydrogens is 253 g/mol. The molecule has 3 N–H and O–H groups in total. The molecule has 0 saturated carbocycles. The van der Waals surface area contributed by atoms with Crippen LogP contribution in [-0.2, 0) is 4.57 Å². The van der Waals surface area contributed by atoms with Gasteiger partial charge in [0.25, 0.3) is 0 Å². The van der Waals surface area contributed by atoms with Crippen molar-refractivity contribution in [3.05, 3.63) is 54.6 Å². The van der Waals surface area contributed by atoms with E-state index in [0.717, 1.165) is 0 Å². The first kappa shape index (κ1) is 12.5. The molecule has 6 heteroatoms. The van der Waals surface area contributed by atoms with E-state index in [1.807, 2.05) is 0 Å². The van der Waals surface area contributed by atoms with E-state index in [9.17, 15) is 9.46 Å². The smallest absolute Gasteiger partial charge is 0.399 e. The molecule has 0 aliphatic heterocycles. The molecule has 1 unspecified atom stereocenters. The number of phosphoric acid groups is 1. The Morgan fingerprint density at radius 1 is 0.944 bits per heavy atom. The number of nitrogen functional groups attached to an aromatic ring is 1. The fraction of sp³-hybridized carbons (Fsp3) is 0. The average molecular weight is 265 g/mol. The summed E-state index contributed by atoms with van der Waals surface area (Å²) in [5.41, 5.74) is 5.98. The van der Waals surface area contributed by atoms with Gasteiger partial charge in [0.1, 0.15) is 11.5 Å². The van der Waals surface area contributed by atoms with Gasteiger partial charge in [-0.1, -0.05) is 24.3 Å². The Morgan fingerprint density at radius 3 is 2.22 bits per heavy atom. The summed E-state index contributed by atoms with van der Waals surface area (Å²) < 4.78 is 21.5. The second-order valence-corrected chi connectivity index (χ2v) is 4.84. The van der Waals surface area contributed by atoms with Crippen LogP contribution in [-0.4, -0.2) is 4.89 Å². The van der Waals surface area contributed by atoms with Crippen molar-refractivity contribution < 1.29 is 18.5 Å². The highest BCUT2D eigenvalue weighted by atomic mass is 31.2. The van der Waals surface area contributed by atoms with Gasteiger partial charge in [0, 0.05) is 11.8 Å². The normalized spacial score (nSPS) is 13.6. The summed E-state index contributed by atoms with van der Waals surface area (Å²) in [6.45, 7) is 0. The Hall–Kier alpha value is -1.97. The topological polar surface area (TPSA) is 81.8 Å². The van der Waals surface area contributed by atoms with Crippen LogP contribution in [0.3, 0.4) is 0 Å². The molecule has 0 radical (unpaired) electrons. The van der Waals surface area contributed by atoms with Crippen LogP contribution in [0.15, 0.2) is 54.6 Å². The molecule has 18 heavy (non-hydrogen) atoms. The summed E-state index contributed by atoms with van der Waals surface area (Å²) in [5, 5.41) is 0. The van der Waals surface area contributed by atoms with E-state index in [-0.39, 0.29) is 11.5 Å². The summed E-state index contributed by atoms with van der Waals surface area (Å²) >= 11 is 0. The number of para-hydroxylation sites is 1. The third-order valence-electron chi connectivity index (χ3n) is 2.04. The van der Waals surface area contributed by atoms with Crippen molar-refractivity contribution in [1.29, 1.82) is 0 Å². The summed E-state index contributed by atoms with van der Waals surface area (Å²) in [7, 11) is -4.21. The van der Waals surface area contributed by atoms with Crippen LogP contribution in [0, 0.1) is 0 Å². The maximum Gasteiger partial charge on any atom is 0.584 e. The van der Waals surface area contributed by atoms with E-state index in [0.29, 0.717) is 5.69 Å². The van der Waals surface area contributed by atoms with E-state index in [1.54, 1.807) is 42.5 Å². The minimum atomic E-state index is -4.21. The molecule has 2 aromatic carbocycles. The van der Waals surface area contributed by atoms with Crippen molar-refractivity contribution in [3.8, 4) is 11.5 Å². The number of hydrogen-bond acceptors (Lipinski definition) is 4. The van der Waals surface area contributed by atoms with Crippen LogP contribution >= 0.6 is 7.82 Å². The number of hydrogen-bond donors (Lipinski definition) is 2. The molecule has 0 fully saturated rings. The SMILES string of the molecule is Nc1cccc(OP(=O)(O)Oc2ccccc2)c1. The van der Waals surface area contributed by atoms with E-state index in [4.69, 9.17) is 14.8 Å². The first-order chi connectivity index (χ1) is 8.55. The van der Waals surface area contributed by atoms with Gasteiger partial charge >= 0.3 is 7.82 Å². The molecular formula is C12H12NO4P. The Bertz CT molecular complexity index is 573. The van der Waals surface area contributed by atoms with E-state index in [1.165, 1.54) is 12.1 Å². The number of phosphoric ester groups is 1. The predicted octanol–water partition coefficient (Wildman–Crippen LogP) is 2.83. The van der Waals surface area contributed by atoms with Gasteiger partial charge in [0.2, 0.25) is 0 Å². The monoisotopic (exact) mass is 265 g/mol. The third-order valence-corrected chi connectivity index (χ3v) is 2.93. The second kappa shape index (κ2) is 5.12. The number of nitrogens with two attached hydrogens (primary N) is 1. The summed E-state index contributed by atoms with van der Waals surface area (Å²) in [4.78, 5) is 9.58. The Morgan fingerprint density at radius 2 is 1.56 bits per heavy atom. The van der Waals surface area contributed by atoms with Crippen LogP contribution in [0.1, 0.15) is 0 Å². The lowest BCUT2D eigenvalue weighted by Gasteiger charge is -2.13. The second-order valence-electron chi connectivity index (χ2n) is 3.54. The van der Waals surface area contributed by atoms with Crippen molar-refractivity contribution in [1.82, 2.24) is 0 Å². The average Bonchev–Trinajstić information content (AvgIpc) is 2.28. The van der Waals surface area contributed by atoms with E-state index in [2.05, 4.69) is 0 Å². The number of benzene rings is 2. The number of rotatable bonds is 4. The zero-order chi connectivity index (χ0) is 13.0. The molecule has 0 amide bonds. The van der Waals surface area contributed by atoms with Gasteiger partial charge in [-0.2, -0.15) is 0 Å². The van der Waals surface area contributed by atoms with Crippen LogP contribution < -0.4 is 14.8 Å². The Kier molecular flexibility index (Phi) is 3.55. The first-order valence-electron chi connectivity index (χ1n) is 5.18. The molecule has 0 saturated heterocycles. The largest absolute Gasteiger partial charge is 0.584 e. The first-order valence-corrected chi connectivity index (χ1v) is 6.67. The van der Waals surface area contributed by atoms with Gasteiger partial charge in [0.05, 0.1) is 0 Å². The highest BCUT2D eigenvalue weighted by Crippen LogP contribution is 2.44. The molecule has 1 atom stereocenters. The maximum atomic E-state index is 11.7. The van der Waals surface area contributed by atoms with Crippen LogP contribution in [0.2, 0.25) is 0 Å². The van der Waals surface area contributed by atoms with Gasteiger partial charge in [-0.15, -0.1) is 0 Å². The highest BCUT2D eigenvalue weighted by Gasteiger charge is 2.24.